The molecule has 0 aliphatic carbocycles. The Bertz CT molecular complexity index is 593. The average molecular weight is 290 g/mol. The number of hydrogen-bond donors (Lipinski definition) is 1. The summed E-state index contributed by atoms with van der Waals surface area (Å²) in [5.74, 6) is 0.799. The van der Waals surface area contributed by atoms with E-state index in [0.29, 0.717) is 5.02 Å². The topological polar surface area (TPSA) is 35.2 Å². The highest BCUT2D eigenvalue weighted by molar-refractivity contribution is 6.31. The zero-order valence-corrected chi connectivity index (χ0v) is 12.8. The molecular formula is C17H20ClNO. The molecule has 2 N–H and O–H groups in total. The molecule has 20 heavy (non-hydrogen) atoms. The lowest BCUT2D eigenvalue weighted by molar-refractivity contribution is 0.237. The van der Waals surface area contributed by atoms with Gasteiger partial charge in [0.15, 0.2) is 0 Å². The van der Waals surface area contributed by atoms with Crippen molar-refractivity contribution in [1.82, 2.24) is 0 Å². The van der Waals surface area contributed by atoms with Crippen LogP contribution >= 0.6 is 11.6 Å². The van der Waals surface area contributed by atoms with Crippen molar-refractivity contribution >= 4 is 11.6 Å². The predicted octanol–water partition coefficient (Wildman–Crippen LogP) is 4.35. The molecule has 1 atom stereocenters. The lowest BCUT2D eigenvalue weighted by Gasteiger charge is -2.29. The molecule has 0 bridgehead atoms. The number of nitrogens with two attached hydrogens (primary N) is 1. The number of benzene rings is 2. The van der Waals surface area contributed by atoms with Gasteiger partial charge in [-0.05, 0) is 38.5 Å². The lowest BCUT2D eigenvalue weighted by Crippen LogP contribution is -2.35. The lowest BCUT2D eigenvalue weighted by atomic mass is 9.85. The second kappa shape index (κ2) is 5.86. The Labute approximate surface area is 125 Å². The van der Waals surface area contributed by atoms with E-state index in [9.17, 15) is 0 Å². The number of para-hydroxylation sites is 1. The first-order chi connectivity index (χ1) is 9.43. The SMILES string of the molecule is CC(C)Oc1ccccc1C(C)(N)c1ccccc1Cl. The van der Waals surface area contributed by atoms with Gasteiger partial charge < -0.3 is 10.5 Å². The van der Waals surface area contributed by atoms with Gasteiger partial charge in [-0.1, -0.05) is 48.0 Å². The van der Waals surface area contributed by atoms with E-state index in [1.165, 1.54) is 0 Å². The molecule has 0 aromatic heterocycles. The Morgan fingerprint density at radius 2 is 1.55 bits per heavy atom. The summed E-state index contributed by atoms with van der Waals surface area (Å²) in [4.78, 5) is 0. The van der Waals surface area contributed by atoms with E-state index in [-0.39, 0.29) is 6.10 Å². The minimum Gasteiger partial charge on any atom is -0.491 e. The number of halogens is 1. The summed E-state index contributed by atoms with van der Waals surface area (Å²) in [6, 6.07) is 15.5. The highest BCUT2D eigenvalue weighted by Crippen LogP contribution is 2.36. The predicted molar refractivity (Wildman–Crippen MR) is 84.3 cm³/mol. The summed E-state index contributed by atoms with van der Waals surface area (Å²) in [7, 11) is 0. The van der Waals surface area contributed by atoms with Gasteiger partial charge >= 0.3 is 0 Å². The smallest absolute Gasteiger partial charge is 0.125 e. The van der Waals surface area contributed by atoms with Gasteiger partial charge in [0.2, 0.25) is 0 Å². The molecule has 2 aromatic rings. The molecule has 0 spiro atoms. The Morgan fingerprint density at radius 3 is 2.15 bits per heavy atom. The largest absolute Gasteiger partial charge is 0.491 e. The normalized spacial score (nSPS) is 14.1. The first-order valence-electron chi connectivity index (χ1n) is 6.73. The molecule has 0 aliphatic rings. The summed E-state index contributed by atoms with van der Waals surface area (Å²) in [6.45, 7) is 5.96. The van der Waals surface area contributed by atoms with Crippen LogP contribution < -0.4 is 10.5 Å². The van der Waals surface area contributed by atoms with Crippen molar-refractivity contribution in [3.63, 3.8) is 0 Å². The summed E-state index contributed by atoms with van der Waals surface area (Å²) >= 11 is 6.30. The zero-order valence-electron chi connectivity index (χ0n) is 12.1. The summed E-state index contributed by atoms with van der Waals surface area (Å²) < 4.78 is 5.87. The van der Waals surface area contributed by atoms with Crippen LogP contribution in [0.3, 0.4) is 0 Å². The zero-order chi connectivity index (χ0) is 14.8. The summed E-state index contributed by atoms with van der Waals surface area (Å²) in [6.07, 6.45) is 0.0956. The fourth-order valence-electron chi connectivity index (χ4n) is 2.28. The minimum absolute atomic E-state index is 0.0956. The maximum atomic E-state index is 6.57. The average Bonchev–Trinajstić information content (AvgIpc) is 2.38. The van der Waals surface area contributed by atoms with E-state index in [1.54, 1.807) is 0 Å². The van der Waals surface area contributed by atoms with Crippen molar-refractivity contribution in [2.45, 2.75) is 32.4 Å². The number of hydrogen-bond acceptors (Lipinski definition) is 2. The Kier molecular flexibility index (Phi) is 4.36. The van der Waals surface area contributed by atoms with Gasteiger partial charge in [0.05, 0.1) is 11.6 Å². The summed E-state index contributed by atoms with van der Waals surface area (Å²) in [5.41, 5.74) is 7.69. The molecule has 0 radical (unpaired) electrons. The first-order valence-corrected chi connectivity index (χ1v) is 7.10. The van der Waals surface area contributed by atoms with Crippen LogP contribution in [0.1, 0.15) is 31.9 Å². The van der Waals surface area contributed by atoms with Crippen LogP contribution in [-0.4, -0.2) is 6.10 Å². The van der Waals surface area contributed by atoms with Crippen molar-refractivity contribution < 1.29 is 4.74 Å². The second-order valence-electron chi connectivity index (χ2n) is 5.34. The van der Waals surface area contributed by atoms with Gasteiger partial charge in [0.25, 0.3) is 0 Å². The van der Waals surface area contributed by atoms with Crippen LogP contribution in [0.15, 0.2) is 48.5 Å². The highest BCUT2D eigenvalue weighted by Gasteiger charge is 2.29. The van der Waals surface area contributed by atoms with E-state index < -0.39 is 5.54 Å². The molecular weight excluding hydrogens is 270 g/mol. The van der Waals surface area contributed by atoms with Crippen molar-refractivity contribution in [2.75, 3.05) is 0 Å². The number of ether oxygens (including phenoxy) is 1. The van der Waals surface area contributed by atoms with Crippen molar-refractivity contribution in [1.29, 1.82) is 0 Å². The molecule has 2 aromatic carbocycles. The fraction of sp³-hybridized carbons (Fsp3) is 0.294. The third kappa shape index (κ3) is 2.97. The minimum atomic E-state index is -0.705. The quantitative estimate of drug-likeness (QED) is 0.908. The maximum absolute atomic E-state index is 6.57. The molecule has 0 saturated heterocycles. The van der Waals surface area contributed by atoms with Crippen molar-refractivity contribution in [3.8, 4) is 5.75 Å². The van der Waals surface area contributed by atoms with E-state index in [2.05, 4.69) is 0 Å². The molecule has 106 valence electrons. The maximum Gasteiger partial charge on any atom is 0.125 e. The molecule has 1 unspecified atom stereocenters. The summed E-state index contributed by atoms with van der Waals surface area (Å²) in [5, 5.41) is 0.664. The molecule has 0 saturated carbocycles. The fourth-order valence-corrected chi connectivity index (χ4v) is 2.61. The third-order valence-corrected chi connectivity index (χ3v) is 3.57. The van der Waals surface area contributed by atoms with Gasteiger partial charge in [-0.2, -0.15) is 0 Å². The van der Waals surface area contributed by atoms with Crippen molar-refractivity contribution in [3.05, 3.63) is 64.7 Å². The van der Waals surface area contributed by atoms with E-state index in [4.69, 9.17) is 22.1 Å². The van der Waals surface area contributed by atoms with Crippen molar-refractivity contribution in [2.24, 2.45) is 5.73 Å². The van der Waals surface area contributed by atoms with E-state index >= 15 is 0 Å². The molecule has 0 fully saturated rings. The molecule has 0 amide bonds. The molecule has 0 heterocycles. The molecule has 2 nitrogen and oxygen atoms in total. The standard InChI is InChI=1S/C17H20ClNO/c1-12(2)20-16-11-7-5-9-14(16)17(3,19)13-8-4-6-10-15(13)18/h4-12H,19H2,1-3H3. The monoisotopic (exact) mass is 289 g/mol. The highest BCUT2D eigenvalue weighted by atomic mass is 35.5. The van der Waals surface area contributed by atoms with Gasteiger partial charge in [0.1, 0.15) is 5.75 Å². The van der Waals surface area contributed by atoms with Gasteiger partial charge in [-0.25, -0.2) is 0 Å². The Morgan fingerprint density at radius 1 is 1.00 bits per heavy atom. The van der Waals surface area contributed by atoms with Crippen LogP contribution in [0.25, 0.3) is 0 Å². The van der Waals surface area contributed by atoms with E-state index in [1.807, 2.05) is 69.3 Å². The second-order valence-corrected chi connectivity index (χ2v) is 5.75. The van der Waals surface area contributed by atoms with Gasteiger partial charge in [-0.15, -0.1) is 0 Å². The van der Waals surface area contributed by atoms with Gasteiger partial charge in [-0.3, -0.25) is 0 Å². The van der Waals surface area contributed by atoms with Crippen LogP contribution in [0.2, 0.25) is 5.02 Å². The van der Waals surface area contributed by atoms with Crippen LogP contribution in [0.5, 0.6) is 5.75 Å². The van der Waals surface area contributed by atoms with E-state index in [0.717, 1.165) is 16.9 Å². The third-order valence-electron chi connectivity index (χ3n) is 3.24. The number of rotatable bonds is 4. The Hall–Kier alpha value is -1.51. The molecule has 0 aliphatic heterocycles. The Balaban J connectivity index is 2.52. The van der Waals surface area contributed by atoms with Crippen LogP contribution in [0, 0.1) is 0 Å². The molecule has 2 rings (SSSR count). The van der Waals surface area contributed by atoms with Crippen LogP contribution in [0.4, 0.5) is 0 Å². The van der Waals surface area contributed by atoms with Crippen LogP contribution in [-0.2, 0) is 5.54 Å². The first kappa shape index (κ1) is 14.9. The van der Waals surface area contributed by atoms with Gasteiger partial charge in [0, 0.05) is 10.6 Å². The molecule has 3 heteroatoms.